The van der Waals surface area contributed by atoms with E-state index in [1.165, 1.54) is 6.07 Å². The normalized spacial score (nSPS) is 15.4. The first-order chi connectivity index (χ1) is 13.6. The largest absolute Gasteiger partial charge is 0.490 e. The number of fused-ring (bicyclic) bond motifs is 2. The van der Waals surface area contributed by atoms with E-state index in [1.807, 2.05) is 34.9 Å². The molecule has 0 saturated carbocycles. The van der Waals surface area contributed by atoms with E-state index >= 15 is 0 Å². The lowest BCUT2D eigenvalue weighted by Gasteiger charge is -2.11. The summed E-state index contributed by atoms with van der Waals surface area (Å²) in [5.41, 5.74) is 0.741. The van der Waals surface area contributed by atoms with Gasteiger partial charge in [0.15, 0.2) is 6.10 Å². The molecule has 6 nitrogen and oxygen atoms in total. The molecule has 0 unspecified atom stereocenters. The Labute approximate surface area is 169 Å². The first-order valence-electron chi connectivity index (χ1n) is 8.66. The van der Waals surface area contributed by atoms with Gasteiger partial charge in [0, 0.05) is 28.0 Å². The molecule has 0 amide bonds. The second-order valence-corrected chi connectivity index (χ2v) is 7.90. The second kappa shape index (κ2) is 6.92. The van der Waals surface area contributed by atoms with Gasteiger partial charge in [0.25, 0.3) is 11.6 Å². The molecule has 0 saturated heterocycles. The van der Waals surface area contributed by atoms with Crippen molar-refractivity contribution in [3.63, 3.8) is 0 Å². The number of halogens is 1. The average Bonchev–Trinajstić information content (AvgIpc) is 3.29. The standard InChI is InChI=1S/C20H14ClN3O3S/c21-18-8-13(3-5-22-18)16-7-12-1-2-14(9-17(12)28-16)26-11-15-10-24-6-4-19(25)23-20(24)27-15/h1-9,15H,10-11H2/t15-/m0/s1. The molecule has 1 atom stereocenters. The molecule has 0 radical (unpaired) electrons. The van der Waals surface area contributed by atoms with Crippen LogP contribution in [0.3, 0.4) is 0 Å². The summed E-state index contributed by atoms with van der Waals surface area (Å²) in [6, 6.07) is 13.7. The van der Waals surface area contributed by atoms with Gasteiger partial charge in [-0.25, -0.2) is 4.98 Å². The molecule has 0 bridgehead atoms. The minimum atomic E-state index is -0.303. The molecule has 1 aliphatic heterocycles. The summed E-state index contributed by atoms with van der Waals surface area (Å²) in [7, 11) is 0. The van der Waals surface area contributed by atoms with Crippen molar-refractivity contribution < 1.29 is 9.47 Å². The van der Waals surface area contributed by atoms with E-state index < -0.39 is 0 Å². The molecule has 8 heteroatoms. The highest BCUT2D eigenvalue weighted by Gasteiger charge is 2.23. The molecule has 0 fully saturated rings. The number of aromatic nitrogens is 3. The van der Waals surface area contributed by atoms with Crippen LogP contribution in [0.2, 0.25) is 5.15 Å². The third kappa shape index (κ3) is 3.34. The predicted octanol–water partition coefficient (Wildman–Crippen LogP) is 4.01. The molecule has 3 aromatic heterocycles. The molecular weight excluding hydrogens is 398 g/mol. The maximum absolute atomic E-state index is 11.3. The molecule has 0 aliphatic carbocycles. The summed E-state index contributed by atoms with van der Waals surface area (Å²) in [4.78, 5) is 20.3. The summed E-state index contributed by atoms with van der Waals surface area (Å²) >= 11 is 7.68. The van der Waals surface area contributed by atoms with E-state index in [2.05, 4.69) is 16.0 Å². The number of pyridine rings is 1. The van der Waals surface area contributed by atoms with Gasteiger partial charge in [0.05, 0.1) is 6.54 Å². The van der Waals surface area contributed by atoms with Crippen molar-refractivity contribution in [2.45, 2.75) is 12.6 Å². The molecule has 140 valence electrons. The highest BCUT2D eigenvalue weighted by molar-refractivity contribution is 7.22. The van der Waals surface area contributed by atoms with E-state index in [1.54, 1.807) is 23.7 Å². The van der Waals surface area contributed by atoms with Crippen LogP contribution in [0.5, 0.6) is 11.8 Å². The van der Waals surface area contributed by atoms with Crippen LogP contribution in [0.15, 0.2) is 59.7 Å². The maximum atomic E-state index is 11.3. The van der Waals surface area contributed by atoms with E-state index in [9.17, 15) is 4.79 Å². The quantitative estimate of drug-likeness (QED) is 0.474. The number of ether oxygens (including phenoxy) is 2. The molecule has 0 spiro atoms. The van der Waals surface area contributed by atoms with Gasteiger partial charge in [-0.2, -0.15) is 4.98 Å². The van der Waals surface area contributed by atoms with Crippen molar-refractivity contribution in [1.82, 2.24) is 14.5 Å². The maximum Gasteiger partial charge on any atom is 0.300 e. The van der Waals surface area contributed by atoms with E-state index in [0.717, 1.165) is 26.3 Å². The zero-order chi connectivity index (χ0) is 19.1. The van der Waals surface area contributed by atoms with E-state index in [0.29, 0.717) is 24.3 Å². The Morgan fingerprint density at radius 2 is 2.18 bits per heavy atom. The first-order valence-corrected chi connectivity index (χ1v) is 9.86. The van der Waals surface area contributed by atoms with Crippen molar-refractivity contribution >= 4 is 33.0 Å². The molecule has 28 heavy (non-hydrogen) atoms. The Balaban J connectivity index is 1.31. The minimum Gasteiger partial charge on any atom is -0.490 e. The van der Waals surface area contributed by atoms with Gasteiger partial charge in [0.2, 0.25) is 0 Å². The Hall–Kier alpha value is -2.90. The third-order valence-electron chi connectivity index (χ3n) is 4.46. The Morgan fingerprint density at radius 1 is 1.25 bits per heavy atom. The minimum absolute atomic E-state index is 0.178. The highest BCUT2D eigenvalue weighted by Crippen LogP contribution is 2.36. The zero-order valence-electron chi connectivity index (χ0n) is 14.5. The first kappa shape index (κ1) is 17.2. The lowest BCUT2D eigenvalue weighted by Crippen LogP contribution is -2.23. The number of benzene rings is 1. The van der Waals surface area contributed by atoms with Crippen LogP contribution in [0.4, 0.5) is 0 Å². The third-order valence-corrected chi connectivity index (χ3v) is 5.81. The zero-order valence-corrected chi connectivity index (χ0v) is 16.1. The lowest BCUT2D eigenvalue weighted by atomic mass is 10.2. The number of hydrogen-bond donors (Lipinski definition) is 0. The second-order valence-electron chi connectivity index (χ2n) is 6.43. The fourth-order valence-corrected chi connectivity index (χ4v) is 4.39. The van der Waals surface area contributed by atoms with E-state index in [-0.39, 0.29) is 11.7 Å². The Morgan fingerprint density at radius 3 is 3.07 bits per heavy atom. The molecule has 4 heterocycles. The summed E-state index contributed by atoms with van der Waals surface area (Å²) in [6.07, 6.45) is 3.22. The van der Waals surface area contributed by atoms with Crippen LogP contribution in [0, 0.1) is 0 Å². The smallest absolute Gasteiger partial charge is 0.300 e. The number of rotatable bonds is 4. The van der Waals surface area contributed by atoms with Gasteiger partial charge >= 0.3 is 0 Å². The highest BCUT2D eigenvalue weighted by atomic mass is 35.5. The van der Waals surface area contributed by atoms with Gasteiger partial charge in [0.1, 0.15) is 17.5 Å². The monoisotopic (exact) mass is 411 g/mol. The van der Waals surface area contributed by atoms with Crippen LogP contribution in [0.25, 0.3) is 20.5 Å². The number of nitrogens with zero attached hydrogens (tertiary/aromatic N) is 3. The molecule has 1 aliphatic rings. The van der Waals surface area contributed by atoms with Crippen molar-refractivity contribution in [3.05, 3.63) is 70.4 Å². The van der Waals surface area contributed by atoms with Crippen LogP contribution in [-0.4, -0.2) is 27.2 Å². The van der Waals surface area contributed by atoms with Crippen molar-refractivity contribution in [2.75, 3.05) is 6.61 Å². The Bertz CT molecular complexity index is 1240. The van der Waals surface area contributed by atoms with Crippen molar-refractivity contribution in [2.24, 2.45) is 0 Å². The molecular formula is C20H14ClN3O3S. The SMILES string of the molecule is O=c1ccn2c(n1)O[C@H](COc1ccc3cc(-c4ccnc(Cl)c4)sc3c1)C2. The summed E-state index contributed by atoms with van der Waals surface area (Å²) in [5, 5.41) is 1.63. The summed E-state index contributed by atoms with van der Waals surface area (Å²) in [5.74, 6) is 0.774. The molecule has 0 N–H and O–H groups in total. The average molecular weight is 412 g/mol. The van der Waals surface area contributed by atoms with Gasteiger partial charge in [-0.15, -0.1) is 11.3 Å². The van der Waals surface area contributed by atoms with E-state index in [4.69, 9.17) is 21.1 Å². The summed E-state index contributed by atoms with van der Waals surface area (Å²) < 4.78 is 14.5. The van der Waals surface area contributed by atoms with Crippen LogP contribution >= 0.6 is 22.9 Å². The van der Waals surface area contributed by atoms with Crippen molar-refractivity contribution in [1.29, 1.82) is 0 Å². The van der Waals surface area contributed by atoms with Gasteiger partial charge in [-0.3, -0.25) is 9.36 Å². The molecule has 4 aromatic rings. The fourth-order valence-electron chi connectivity index (χ4n) is 3.13. The fraction of sp³-hybridized carbons (Fsp3) is 0.150. The molecule has 5 rings (SSSR count). The van der Waals surface area contributed by atoms with Gasteiger partial charge in [-0.05, 0) is 47.3 Å². The summed E-state index contributed by atoms with van der Waals surface area (Å²) in [6.45, 7) is 0.984. The lowest BCUT2D eigenvalue weighted by molar-refractivity contribution is 0.144. The van der Waals surface area contributed by atoms with Crippen LogP contribution < -0.4 is 15.0 Å². The predicted molar refractivity (Wildman–Crippen MR) is 108 cm³/mol. The Kier molecular flexibility index (Phi) is 4.26. The van der Waals surface area contributed by atoms with Gasteiger partial charge < -0.3 is 9.47 Å². The van der Waals surface area contributed by atoms with Crippen LogP contribution in [-0.2, 0) is 6.54 Å². The number of hydrogen-bond acceptors (Lipinski definition) is 6. The molecule has 1 aromatic carbocycles. The van der Waals surface area contributed by atoms with Gasteiger partial charge in [-0.1, -0.05) is 11.6 Å². The van der Waals surface area contributed by atoms with Crippen LogP contribution in [0.1, 0.15) is 0 Å². The topological polar surface area (TPSA) is 66.2 Å². The van der Waals surface area contributed by atoms with Crippen molar-refractivity contribution in [3.8, 4) is 22.2 Å². The number of thiophene rings is 1.